The lowest BCUT2D eigenvalue weighted by atomic mass is 10.3. The van der Waals surface area contributed by atoms with Crippen LogP contribution in [0.1, 0.15) is 5.69 Å². The summed E-state index contributed by atoms with van der Waals surface area (Å²) >= 11 is 6.62. The lowest BCUT2D eigenvalue weighted by molar-refractivity contribution is -0.139. The Kier molecular flexibility index (Phi) is 3.73. The average molecular weight is 318 g/mol. The van der Waals surface area contributed by atoms with Crippen molar-refractivity contribution in [3.63, 3.8) is 0 Å². The summed E-state index contributed by atoms with van der Waals surface area (Å²) in [6, 6.07) is 1.99. The summed E-state index contributed by atoms with van der Waals surface area (Å²) in [6.45, 7) is 0. The fourth-order valence-electron chi connectivity index (χ4n) is 1.16. The first-order valence-electron chi connectivity index (χ1n) is 4.45. The number of esters is 1. The molecule has 2 heterocycles. The lowest BCUT2D eigenvalue weighted by Gasteiger charge is -1.94. The molecule has 0 spiro atoms. The van der Waals surface area contributed by atoms with Crippen molar-refractivity contribution in [1.82, 2.24) is 4.98 Å². The number of halogens is 1. The molecular weight excluding hydrogens is 310 g/mol. The highest BCUT2D eigenvalue weighted by Gasteiger charge is 2.11. The smallest absolute Gasteiger partial charge is 0.311 e. The normalized spacial score (nSPS) is 10.4. The van der Waals surface area contributed by atoms with Gasteiger partial charge < -0.3 is 4.74 Å². The maximum Gasteiger partial charge on any atom is 0.311 e. The minimum atomic E-state index is -0.262. The molecule has 0 radical (unpaired) electrons. The number of rotatable bonds is 3. The summed E-state index contributed by atoms with van der Waals surface area (Å²) in [5, 5.41) is 4.82. The summed E-state index contributed by atoms with van der Waals surface area (Å²) < 4.78 is 5.64. The van der Waals surface area contributed by atoms with Crippen molar-refractivity contribution in [2.45, 2.75) is 6.42 Å². The quantitative estimate of drug-likeness (QED) is 0.815. The Labute approximate surface area is 109 Å². The molecule has 2 rings (SSSR count). The van der Waals surface area contributed by atoms with Crippen LogP contribution in [0.2, 0.25) is 0 Å². The highest BCUT2D eigenvalue weighted by molar-refractivity contribution is 9.10. The van der Waals surface area contributed by atoms with Crippen molar-refractivity contribution < 1.29 is 9.53 Å². The van der Waals surface area contributed by atoms with Crippen LogP contribution >= 0.6 is 38.6 Å². The van der Waals surface area contributed by atoms with Crippen LogP contribution in [-0.4, -0.2) is 18.1 Å². The van der Waals surface area contributed by atoms with Gasteiger partial charge in [-0.1, -0.05) is 0 Å². The molecule has 2 aromatic heterocycles. The molecule has 0 bridgehead atoms. The number of ether oxygens (including phenoxy) is 1. The van der Waals surface area contributed by atoms with Gasteiger partial charge in [-0.15, -0.1) is 22.7 Å². The molecule has 6 heteroatoms. The molecule has 0 atom stereocenters. The number of hydrogen-bond acceptors (Lipinski definition) is 5. The Bertz CT molecular complexity index is 506. The molecular formula is C10H8BrNO2S2. The summed E-state index contributed by atoms with van der Waals surface area (Å²) in [7, 11) is 1.38. The number of methoxy groups -OCH3 is 1. The van der Waals surface area contributed by atoms with Gasteiger partial charge in [-0.3, -0.25) is 4.79 Å². The van der Waals surface area contributed by atoms with E-state index in [9.17, 15) is 4.79 Å². The van der Waals surface area contributed by atoms with Gasteiger partial charge in [0.25, 0.3) is 0 Å². The number of carbonyl (C=O) groups is 1. The van der Waals surface area contributed by atoms with Gasteiger partial charge in [0.2, 0.25) is 0 Å². The topological polar surface area (TPSA) is 39.2 Å². The molecule has 0 aromatic carbocycles. The molecule has 0 unspecified atom stereocenters. The van der Waals surface area contributed by atoms with Gasteiger partial charge in [-0.05, 0) is 27.4 Å². The van der Waals surface area contributed by atoms with Gasteiger partial charge in [-0.25, -0.2) is 4.98 Å². The lowest BCUT2D eigenvalue weighted by Crippen LogP contribution is -2.04. The first kappa shape index (κ1) is 11.8. The predicted octanol–water partition coefficient (Wildman–Crippen LogP) is 3.35. The summed E-state index contributed by atoms with van der Waals surface area (Å²) in [4.78, 5) is 16.6. The molecule has 0 N–H and O–H groups in total. The third kappa shape index (κ3) is 2.50. The minimum Gasteiger partial charge on any atom is -0.469 e. The van der Waals surface area contributed by atoms with Crippen molar-refractivity contribution in [1.29, 1.82) is 0 Å². The van der Waals surface area contributed by atoms with E-state index in [1.54, 1.807) is 11.3 Å². The molecule has 84 valence electrons. The largest absolute Gasteiger partial charge is 0.469 e. The van der Waals surface area contributed by atoms with Gasteiger partial charge in [0.05, 0.1) is 24.1 Å². The van der Waals surface area contributed by atoms with Gasteiger partial charge in [0, 0.05) is 9.85 Å². The number of thiazole rings is 1. The Hall–Kier alpha value is -0.720. The van der Waals surface area contributed by atoms with Crippen molar-refractivity contribution in [3.8, 4) is 9.88 Å². The highest BCUT2D eigenvalue weighted by atomic mass is 79.9. The second-order valence-corrected chi connectivity index (χ2v) is 5.62. The third-order valence-corrected chi connectivity index (χ3v) is 4.80. The van der Waals surface area contributed by atoms with Gasteiger partial charge in [0.15, 0.2) is 0 Å². The highest BCUT2D eigenvalue weighted by Crippen LogP contribution is 2.35. The summed E-state index contributed by atoms with van der Waals surface area (Å²) in [5.41, 5.74) is 0.757. The van der Waals surface area contributed by atoms with Crippen molar-refractivity contribution in [2.24, 2.45) is 0 Å². The van der Waals surface area contributed by atoms with Crippen LogP contribution in [0.5, 0.6) is 0 Å². The van der Waals surface area contributed by atoms with E-state index in [4.69, 9.17) is 0 Å². The van der Waals surface area contributed by atoms with Crippen LogP contribution in [0.3, 0.4) is 0 Å². The Balaban J connectivity index is 2.20. The van der Waals surface area contributed by atoms with E-state index in [-0.39, 0.29) is 12.4 Å². The van der Waals surface area contributed by atoms with E-state index in [0.29, 0.717) is 0 Å². The minimum absolute atomic E-state index is 0.232. The summed E-state index contributed by atoms with van der Waals surface area (Å²) in [6.07, 6.45) is 0.232. The third-order valence-electron chi connectivity index (χ3n) is 1.92. The predicted molar refractivity (Wildman–Crippen MR) is 68.8 cm³/mol. The van der Waals surface area contributed by atoms with Crippen LogP contribution in [-0.2, 0) is 16.0 Å². The standard InChI is InChI=1S/C10H8BrNO2S2/c1-14-8(13)4-6-5-16-10(12-6)9-7(11)2-3-15-9/h2-3,5H,4H2,1H3. The van der Waals surface area contributed by atoms with Gasteiger partial charge in [-0.2, -0.15) is 0 Å². The molecule has 0 fully saturated rings. The van der Waals surface area contributed by atoms with E-state index >= 15 is 0 Å². The zero-order chi connectivity index (χ0) is 11.5. The molecule has 0 aliphatic rings. The molecule has 16 heavy (non-hydrogen) atoms. The van der Waals surface area contributed by atoms with Gasteiger partial charge in [0.1, 0.15) is 5.01 Å². The fourth-order valence-corrected chi connectivity index (χ4v) is 3.79. The van der Waals surface area contributed by atoms with Crippen LogP contribution in [0, 0.1) is 0 Å². The monoisotopic (exact) mass is 317 g/mol. The van der Waals surface area contributed by atoms with Crippen LogP contribution in [0.25, 0.3) is 9.88 Å². The molecule has 0 saturated heterocycles. The van der Waals surface area contributed by atoms with E-state index in [1.165, 1.54) is 18.4 Å². The Morgan fingerprint density at radius 2 is 2.38 bits per heavy atom. The van der Waals surface area contributed by atoms with Crippen molar-refractivity contribution in [3.05, 3.63) is 27.0 Å². The van der Waals surface area contributed by atoms with Crippen molar-refractivity contribution >= 4 is 44.6 Å². The SMILES string of the molecule is COC(=O)Cc1csc(-c2sccc2Br)n1. The number of nitrogens with zero attached hydrogens (tertiary/aromatic N) is 1. The first-order valence-corrected chi connectivity index (χ1v) is 7.00. The molecule has 0 aliphatic carbocycles. The average Bonchev–Trinajstić information content (AvgIpc) is 2.86. The second kappa shape index (κ2) is 5.07. The summed E-state index contributed by atoms with van der Waals surface area (Å²) in [5.74, 6) is -0.262. The van der Waals surface area contributed by atoms with E-state index in [0.717, 1.165) is 20.1 Å². The zero-order valence-corrected chi connectivity index (χ0v) is 11.6. The van der Waals surface area contributed by atoms with E-state index < -0.39 is 0 Å². The number of thiophene rings is 1. The molecule has 0 amide bonds. The number of hydrogen-bond donors (Lipinski definition) is 0. The maximum absolute atomic E-state index is 11.1. The van der Waals surface area contributed by atoms with E-state index in [1.807, 2.05) is 16.8 Å². The maximum atomic E-state index is 11.1. The fraction of sp³-hybridized carbons (Fsp3) is 0.200. The van der Waals surface area contributed by atoms with Crippen LogP contribution < -0.4 is 0 Å². The second-order valence-electron chi connectivity index (χ2n) is 2.99. The Morgan fingerprint density at radius 1 is 1.56 bits per heavy atom. The van der Waals surface area contributed by atoms with Crippen LogP contribution in [0.15, 0.2) is 21.3 Å². The molecule has 0 aliphatic heterocycles. The van der Waals surface area contributed by atoms with Gasteiger partial charge >= 0.3 is 5.97 Å². The van der Waals surface area contributed by atoms with Crippen LogP contribution in [0.4, 0.5) is 0 Å². The first-order chi connectivity index (χ1) is 7.70. The molecule has 3 nitrogen and oxygen atoms in total. The Morgan fingerprint density at radius 3 is 3.00 bits per heavy atom. The van der Waals surface area contributed by atoms with Crippen molar-refractivity contribution in [2.75, 3.05) is 7.11 Å². The zero-order valence-electron chi connectivity index (χ0n) is 8.40. The number of carbonyl (C=O) groups excluding carboxylic acids is 1. The molecule has 0 saturated carbocycles. The molecule has 2 aromatic rings. The van der Waals surface area contributed by atoms with E-state index in [2.05, 4.69) is 25.7 Å². The number of aromatic nitrogens is 1.